The van der Waals surface area contributed by atoms with Crippen molar-refractivity contribution >= 4 is 21.6 Å². The third kappa shape index (κ3) is 4.75. The van der Waals surface area contributed by atoms with Gasteiger partial charge in [-0.05, 0) is 48.4 Å². The molecule has 6 heteroatoms. The SMILES string of the molecule is CCOc1cccc([C@H]2CC(c3cccc(OC)c3)=N[C@@H](c3ccc(Br)cc3)N2)c1O. The molecule has 0 spiro atoms. The Morgan fingerprint density at radius 1 is 1.10 bits per heavy atom. The van der Waals surface area contributed by atoms with Crippen LogP contribution in [0.1, 0.15) is 42.2 Å². The average molecular weight is 481 g/mol. The van der Waals surface area contributed by atoms with Crippen LogP contribution in [0, 0.1) is 0 Å². The van der Waals surface area contributed by atoms with Crippen molar-refractivity contribution in [3.63, 3.8) is 0 Å². The zero-order valence-electron chi connectivity index (χ0n) is 17.5. The van der Waals surface area contributed by atoms with Gasteiger partial charge in [-0.1, -0.05) is 52.3 Å². The van der Waals surface area contributed by atoms with Gasteiger partial charge in [-0.3, -0.25) is 10.3 Å². The summed E-state index contributed by atoms with van der Waals surface area (Å²) >= 11 is 3.50. The molecule has 160 valence electrons. The molecule has 3 aromatic rings. The van der Waals surface area contributed by atoms with Gasteiger partial charge in [-0.25, -0.2) is 0 Å². The Hall–Kier alpha value is -2.83. The number of hydrogen-bond acceptors (Lipinski definition) is 5. The van der Waals surface area contributed by atoms with Crippen molar-refractivity contribution in [3.05, 3.63) is 87.9 Å². The third-order valence-electron chi connectivity index (χ3n) is 5.34. The summed E-state index contributed by atoms with van der Waals surface area (Å²) in [6, 6.07) is 21.5. The van der Waals surface area contributed by atoms with Crippen molar-refractivity contribution in [1.82, 2.24) is 5.32 Å². The molecule has 0 bridgehead atoms. The molecular weight excluding hydrogens is 456 g/mol. The smallest absolute Gasteiger partial charge is 0.162 e. The van der Waals surface area contributed by atoms with E-state index in [0.717, 1.165) is 32.6 Å². The number of aliphatic imine (C=N–C) groups is 1. The van der Waals surface area contributed by atoms with Gasteiger partial charge in [0.1, 0.15) is 11.9 Å². The van der Waals surface area contributed by atoms with E-state index in [4.69, 9.17) is 14.5 Å². The zero-order chi connectivity index (χ0) is 21.8. The molecule has 1 aliphatic heterocycles. The minimum absolute atomic E-state index is 0.132. The highest BCUT2D eigenvalue weighted by molar-refractivity contribution is 9.10. The first kappa shape index (κ1) is 21.4. The van der Waals surface area contributed by atoms with Crippen LogP contribution in [0.15, 0.2) is 76.2 Å². The number of para-hydroxylation sites is 1. The molecule has 0 radical (unpaired) electrons. The maximum atomic E-state index is 10.9. The van der Waals surface area contributed by atoms with Gasteiger partial charge in [0.15, 0.2) is 11.5 Å². The van der Waals surface area contributed by atoms with Gasteiger partial charge in [-0.15, -0.1) is 0 Å². The van der Waals surface area contributed by atoms with E-state index in [2.05, 4.69) is 21.2 Å². The van der Waals surface area contributed by atoms with Crippen molar-refractivity contribution < 1.29 is 14.6 Å². The summed E-state index contributed by atoms with van der Waals surface area (Å²) < 4.78 is 12.0. The molecule has 4 rings (SSSR count). The van der Waals surface area contributed by atoms with Gasteiger partial charge < -0.3 is 14.6 Å². The highest BCUT2D eigenvalue weighted by Gasteiger charge is 2.28. The maximum Gasteiger partial charge on any atom is 0.162 e. The van der Waals surface area contributed by atoms with Crippen LogP contribution >= 0.6 is 15.9 Å². The number of benzene rings is 3. The van der Waals surface area contributed by atoms with E-state index in [-0.39, 0.29) is 18.0 Å². The Morgan fingerprint density at radius 3 is 2.61 bits per heavy atom. The fraction of sp³-hybridized carbons (Fsp3) is 0.240. The van der Waals surface area contributed by atoms with E-state index < -0.39 is 0 Å². The second-order valence-electron chi connectivity index (χ2n) is 7.31. The molecule has 0 fully saturated rings. The molecule has 2 N–H and O–H groups in total. The van der Waals surface area contributed by atoms with Gasteiger partial charge in [0.2, 0.25) is 0 Å². The van der Waals surface area contributed by atoms with E-state index in [1.54, 1.807) is 13.2 Å². The summed E-state index contributed by atoms with van der Waals surface area (Å²) in [6.07, 6.45) is 0.381. The van der Waals surface area contributed by atoms with Gasteiger partial charge in [0, 0.05) is 28.2 Å². The predicted molar refractivity (Wildman–Crippen MR) is 126 cm³/mol. The number of rotatable bonds is 6. The van der Waals surface area contributed by atoms with Crippen molar-refractivity contribution in [3.8, 4) is 17.2 Å². The summed E-state index contributed by atoms with van der Waals surface area (Å²) in [7, 11) is 1.66. The normalized spacial score (nSPS) is 18.4. The summed E-state index contributed by atoms with van der Waals surface area (Å²) in [5.41, 5.74) is 3.81. The second kappa shape index (κ2) is 9.54. The van der Waals surface area contributed by atoms with E-state index in [0.29, 0.717) is 18.8 Å². The minimum atomic E-state index is -0.247. The summed E-state index contributed by atoms with van der Waals surface area (Å²) in [5.74, 6) is 1.45. The number of methoxy groups -OCH3 is 1. The molecule has 31 heavy (non-hydrogen) atoms. The van der Waals surface area contributed by atoms with Crippen LogP contribution < -0.4 is 14.8 Å². The largest absolute Gasteiger partial charge is 0.504 e. The minimum Gasteiger partial charge on any atom is -0.504 e. The van der Waals surface area contributed by atoms with E-state index in [1.807, 2.05) is 67.6 Å². The number of halogens is 1. The molecule has 0 aromatic heterocycles. The van der Waals surface area contributed by atoms with Crippen molar-refractivity contribution in [1.29, 1.82) is 0 Å². The Morgan fingerprint density at radius 2 is 1.87 bits per heavy atom. The number of phenols is 1. The van der Waals surface area contributed by atoms with Crippen LogP contribution in [-0.4, -0.2) is 24.5 Å². The van der Waals surface area contributed by atoms with Gasteiger partial charge in [0.05, 0.1) is 13.7 Å². The van der Waals surface area contributed by atoms with Crippen LogP contribution in [0.4, 0.5) is 0 Å². The Labute approximate surface area is 190 Å². The number of aromatic hydroxyl groups is 1. The van der Waals surface area contributed by atoms with Crippen molar-refractivity contribution in [2.45, 2.75) is 25.6 Å². The van der Waals surface area contributed by atoms with Crippen LogP contribution in [0.3, 0.4) is 0 Å². The second-order valence-corrected chi connectivity index (χ2v) is 8.23. The standard InChI is InChI=1S/C25H25BrN2O3/c1-3-31-23-9-5-8-20(24(23)29)22-15-21(17-6-4-7-19(14-17)30-2)27-25(28-22)16-10-12-18(26)13-11-16/h4-14,22,25,28-29H,3,15H2,1-2H3/t22-,25-/m1/s1. The Kier molecular flexibility index (Phi) is 6.59. The highest BCUT2D eigenvalue weighted by Crippen LogP contribution is 2.39. The molecule has 5 nitrogen and oxygen atoms in total. The summed E-state index contributed by atoms with van der Waals surface area (Å²) in [5, 5.41) is 14.5. The molecule has 0 unspecified atom stereocenters. The number of ether oxygens (including phenoxy) is 2. The number of phenolic OH excluding ortho intramolecular Hbond substituents is 1. The molecule has 0 aliphatic carbocycles. The lowest BCUT2D eigenvalue weighted by Gasteiger charge is -2.31. The fourth-order valence-electron chi connectivity index (χ4n) is 3.79. The number of nitrogens with one attached hydrogen (secondary N) is 1. The highest BCUT2D eigenvalue weighted by atomic mass is 79.9. The van der Waals surface area contributed by atoms with Gasteiger partial charge in [0.25, 0.3) is 0 Å². The number of nitrogens with zero attached hydrogens (tertiary/aromatic N) is 1. The lowest BCUT2D eigenvalue weighted by molar-refractivity contribution is 0.313. The van der Waals surface area contributed by atoms with E-state index in [1.165, 1.54) is 0 Å². The van der Waals surface area contributed by atoms with Crippen molar-refractivity contribution in [2.75, 3.05) is 13.7 Å². The van der Waals surface area contributed by atoms with Gasteiger partial charge in [-0.2, -0.15) is 0 Å². The van der Waals surface area contributed by atoms with Crippen LogP contribution in [-0.2, 0) is 0 Å². The lowest BCUT2D eigenvalue weighted by atomic mass is 9.93. The fourth-order valence-corrected chi connectivity index (χ4v) is 4.06. The van der Waals surface area contributed by atoms with Crippen LogP contribution in [0.5, 0.6) is 17.2 Å². The molecule has 2 atom stereocenters. The number of hydrogen-bond donors (Lipinski definition) is 2. The first-order valence-corrected chi connectivity index (χ1v) is 11.1. The van der Waals surface area contributed by atoms with E-state index >= 15 is 0 Å². The molecule has 0 saturated heterocycles. The first-order valence-electron chi connectivity index (χ1n) is 10.3. The Balaban J connectivity index is 1.75. The predicted octanol–water partition coefficient (Wildman–Crippen LogP) is 5.78. The molecule has 1 aliphatic rings. The van der Waals surface area contributed by atoms with Crippen molar-refractivity contribution in [2.24, 2.45) is 4.99 Å². The van der Waals surface area contributed by atoms with Crippen LogP contribution in [0.2, 0.25) is 0 Å². The molecular formula is C25H25BrN2O3. The maximum absolute atomic E-state index is 10.9. The average Bonchev–Trinajstić information content (AvgIpc) is 2.81. The summed E-state index contributed by atoms with van der Waals surface area (Å²) in [4.78, 5) is 5.01. The molecule has 0 amide bonds. The molecule has 3 aromatic carbocycles. The van der Waals surface area contributed by atoms with Crippen LogP contribution in [0.25, 0.3) is 0 Å². The summed E-state index contributed by atoms with van der Waals surface area (Å²) in [6.45, 7) is 2.40. The third-order valence-corrected chi connectivity index (χ3v) is 5.86. The zero-order valence-corrected chi connectivity index (χ0v) is 19.1. The molecule has 1 heterocycles. The molecule has 0 saturated carbocycles. The topological polar surface area (TPSA) is 63.1 Å². The first-order chi connectivity index (χ1) is 15.1. The Bertz CT molecular complexity index is 1080. The van der Waals surface area contributed by atoms with E-state index in [9.17, 15) is 5.11 Å². The van der Waals surface area contributed by atoms with Gasteiger partial charge >= 0.3 is 0 Å². The quantitative estimate of drug-likeness (QED) is 0.468. The monoisotopic (exact) mass is 480 g/mol. The lowest BCUT2D eigenvalue weighted by Crippen LogP contribution is -2.33.